The number of nitrogens with zero attached hydrogens (tertiary/aromatic N) is 1. The summed E-state index contributed by atoms with van der Waals surface area (Å²) in [6, 6.07) is 14.0. The van der Waals surface area contributed by atoms with E-state index in [1.165, 1.54) is 15.3 Å². The molecule has 0 saturated carbocycles. The molecule has 0 aliphatic rings. The Bertz CT molecular complexity index is 520. The van der Waals surface area contributed by atoms with E-state index in [-0.39, 0.29) is 0 Å². The van der Waals surface area contributed by atoms with E-state index in [9.17, 15) is 0 Å². The predicted molar refractivity (Wildman–Crippen MR) is 95.4 cm³/mol. The van der Waals surface area contributed by atoms with Crippen molar-refractivity contribution < 1.29 is 0 Å². The SMILES string of the molecule is CSc1ccc(C(C)NCC(c2cccs2)N(C)C)cc1. The third kappa shape index (κ3) is 4.58. The highest BCUT2D eigenvalue weighted by Gasteiger charge is 2.16. The third-order valence-corrected chi connectivity index (χ3v) is 5.45. The highest BCUT2D eigenvalue weighted by Crippen LogP contribution is 2.24. The van der Waals surface area contributed by atoms with Crippen LogP contribution < -0.4 is 5.32 Å². The van der Waals surface area contributed by atoms with Crippen LogP contribution in [0.1, 0.15) is 29.4 Å². The molecule has 21 heavy (non-hydrogen) atoms. The van der Waals surface area contributed by atoms with Gasteiger partial charge in [0.2, 0.25) is 0 Å². The zero-order valence-corrected chi connectivity index (χ0v) is 14.8. The first-order valence-corrected chi connectivity index (χ1v) is 9.29. The standard InChI is InChI=1S/C17H24N2S2/c1-13(14-7-9-15(20-4)10-8-14)18-12-16(19(2)3)17-6-5-11-21-17/h5-11,13,16,18H,12H2,1-4H3. The number of thioether (sulfide) groups is 1. The molecule has 2 rings (SSSR count). The Morgan fingerprint density at radius 3 is 2.43 bits per heavy atom. The second-order valence-electron chi connectivity index (χ2n) is 5.40. The van der Waals surface area contributed by atoms with Gasteiger partial charge in [-0.3, -0.25) is 0 Å². The number of nitrogens with one attached hydrogen (secondary N) is 1. The van der Waals surface area contributed by atoms with E-state index in [0.29, 0.717) is 12.1 Å². The van der Waals surface area contributed by atoms with Crippen molar-refractivity contribution in [2.24, 2.45) is 0 Å². The molecule has 1 aromatic heterocycles. The van der Waals surface area contributed by atoms with Crippen molar-refractivity contribution in [2.75, 3.05) is 26.9 Å². The summed E-state index contributed by atoms with van der Waals surface area (Å²) in [6.07, 6.45) is 2.11. The number of hydrogen-bond donors (Lipinski definition) is 1. The molecule has 0 fully saturated rings. The lowest BCUT2D eigenvalue weighted by Crippen LogP contribution is -2.32. The van der Waals surface area contributed by atoms with Crippen LogP contribution in [0, 0.1) is 0 Å². The van der Waals surface area contributed by atoms with Crippen LogP contribution in [0.25, 0.3) is 0 Å². The molecule has 114 valence electrons. The van der Waals surface area contributed by atoms with E-state index in [1.807, 2.05) is 11.3 Å². The largest absolute Gasteiger partial charge is 0.308 e. The summed E-state index contributed by atoms with van der Waals surface area (Å²) >= 11 is 3.61. The van der Waals surface area contributed by atoms with Gasteiger partial charge in [-0.2, -0.15) is 0 Å². The number of likely N-dealkylation sites (N-methyl/N-ethyl adjacent to an activating group) is 1. The first-order valence-electron chi connectivity index (χ1n) is 7.19. The summed E-state index contributed by atoms with van der Waals surface area (Å²) in [5.74, 6) is 0. The summed E-state index contributed by atoms with van der Waals surface area (Å²) in [7, 11) is 4.29. The smallest absolute Gasteiger partial charge is 0.0561 e. The average molecular weight is 321 g/mol. The summed E-state index contributed by atoms with van der Waals surface area (Å²) < 4.78 is 0. The Morgan fingerprint density at radius 2 is 1.90 bits per heavy atom. The van der Waals surface area contributed by atoms with Crippen molar-refractivity contribution in [1.82, 2.24) is 10.2 Å². The maximum atomic E-state index is 3.66. The monoisotopic (exact) mass is 320 g/mol. The average Bonchev–Trinajstić information content (AvgIpc) is 3.01. The first kappa shape index (κ1) is 16.6. The normalized spacial score (nSPS) is 14.3. The van der Waals surface area contributed by atoms with Crippen molar-refractivity contribution in [3.63, 3.8) is 0 Å². The van der Waals surface area contributed by atoms with Gasteiger partial charge in [-0.25, -0.2) is 0 Å². The van der Waals surface area contributed by atoms with Crippen molar-refractivity contribution in [3.05, 3.63) is 52.2 Å². The van der Waals surface area contributed by atoms with Crippen molar-refractivity contribution in [3.8, 4) is 0 Å². The molecule has 0 aliphatic carbocycles. The van der Waals surface area contributed by atoms with Gasteiger partial charge >= 0.3 is 0 Å². The molecule has 2 aromatic rings. The van der Waals surface area contributed by atoms with Gasteiger partial charge in [0.25, 0.3) is 0 Å². The number of benzene rings is 1. The molecule has 0 spiro atoms. The molecular weight excluding hydrogens is 296 g/mol. The van der Waals surface area contributed by atoms with Crippen LogP contribution in [0.5, 0.6) is 0 Å². The quantitative estimate of drug-likeness (QED) is 0.760. The van der Waals surface area contributed by atoms with Gasteiger partial charge in [0.05, 0.1) is 6.04 Å². The molecule has 1 aromatic carbocycles. The van der Waals surface area contributed by atoms with Gasteiger partial charge in [0.1, 0.15) is 0 Å². The van der Waals surface area contributed by atoms with Crippen LogP contribution in [-0.2, 0) is 0 Å². The maximum absolute atomic E-state index is 3.66. The molecular formula is C17H24N2S2. The number of thiophene rings is 1. The second-order valence-corrected chi connectivity index (χ2v) is 7.26. The Morgan fingerprint density at radius 1 is 1.19 bits per heavy atom. The van der Waals surface area contributed by atoms with Crippen LogP contribution in [-0.4, -0.2) is 31.8 Å². The van der Waals surface area contributed by atoms with E-state index in [4.69, 9.17) is 0 Å². The van der Waals surface area contributed by atoms with E-state index < -0.39 is 0 Å². The fraction of sp³-hybridized carbons (Fsp3) is 0.412. The van der Waals surface area contributed by atoms with Gasteiger partial charge in [-0.15, -0.1) is 23.1 Å². The Labute approximate surface area is 136 Å². The molecule has 0 amide bonds. The molecule has 0 bridgehead atoms. The molecule has 0 radical (unpaired) electrons. The Balaban J connectivity index is 1.96. The topological polar surface area (TPSA) is 15.3 Å². The second kappa shape index (κ2) is 7.99. The summed E-state index contributed by atoms with van der Waals surface area (Å²) in [4.78, 5) is 5.01. The molecule has 4 heteroatoms. The highest BCUT2D eigenvalue weighted by atomic mass is 32.2. The lowest BCUT2D eigenvalue weighted by molar-refractivity contribution is 0.285. The molecule has 1 N–H and O–H groups in total. The summed E-state index contributed by atoms with van der Waals surface area (Å²) in [5, 5.41) is 5.81. The van der Waals surface area contributed by atoms with E-state index in [0.717, 1.165) is 6.54 Å². The Kier molecular flexibility index (Phi) is 6.30. The van der Waals surface area contributed by atoms with E-state index in [1.54, 1.807) is 11.8 Å². The molecule has 0 saturated heterocycles. The molecule has 0 aliphatic heterocycles. The van der Waals surface area contributed by atoms with Crippen molar-refractivity contribution >= 4 is 23.1 Å². The summed E-state index contributed by atoms with van der Waals surface area (Å²) in [6.45, 7) is 3.19. The summed E-state index contributed by atoms with van der Waals surface area (Å²) in [5.41, 5.74) is 1.34. The molecule has 2 unspecified atom stereocenters. The lowest BCUT2D eigenvalue weighted by atomic mass is 10.1. The fourth-order valence-electron chi connectivity index (χ4n) is 2.32. The third-order valence-electron chi connectivity index (χ3n) is 3.73. The van der Waals surface area contributed by atoms with Gasteiger partial charge in [-0.1, -0.05) is 18.2 Å². The van der Waals surface area contributed by atoms with Gasteiger partial charge in [0, 0.05) is 22.4 Å². The zero-order valence-electron chi connectivity index (χ0n) is 13.2. The van der Waals surface area contributed by atoms with Crippen LogP contribution in [0.15, 0.2) is 46.7 Å². The maximum Gasteiger partial charge on any atom is 0.0561 e. The molecule has 2 atom stereocenters. The van der Waals surface area contributed by atoms with Crippen LogP contribution in [0.4, 0.5) is 0 Å². The lowest BCUT2D eigenvalue weighted by Gasteiger charge is -2.26. The first-order chi connectivity index (χ1) is 10.1. The van der Waals surface area contributed by atoms with Gasteiger partial charge in [-0.05, 0) is 56.4 Å². The van der Waals surface area contributed by atoms with E-state index >= 15 is 0 Å². The molecule has 1 heterocycles. The minimum absolute atomic E-state index is 0.364. The van der Waals surface area contributed by atoms with Gasteiger partial charge < -0.3 is 10.2 Å². The number of hydrogen-bond acceptors (Lipinski definition) is 4. The van der Waals surface area contributed by atoms with Crippen molar-refractivity contribution in [2.45, 2.75) is 23.9 Å². The molecule has 2 nitrogen and oxygen atoms in total. The van der Waals surface area contributed by atoms with E-state index in [2.05, 4.69) is 79.3 Å². The predicted octanol–water partition coefficient (Wildman–Crippen LogP) is 4.42. The van der Waals surface area contributed by atoms with Crippen LogP contribution in [0.2, 0.25) is 0 Å². The van der Waals surface area contributed by atoms with Crippen molar-refractivity contribution in [1.29, 1.82) is 0 Å². The van der Waals surface area contributed by atoms with Crippen LogP contribution >= 0.6 is 23.1 Å². The highest BCUT2D eigenvalue weighted by molar-refractivity contribution is 7.98. The van der Waals surface area contributed by atoms with Gasteiger partial charge in [0.15, 0.2) is 0 Å². The minimum Gasteiger partial charge on any atom is -0.308 e. The zero-order chi connectivity index (χ0) is 15.2. The van der Waals surface area contributed by atoms with Crippen LogP contribution in [0.3, 0.4) is 0 Å². The minimum atomic E-state index is 0.364. The Hall–Kier alpha value is -0.810. The number of rotatable bonds is 7. The fourth-order valence-corrected chi connectivity index (χ4v) is 3.65.